The van der Waals surface area contributed by atoms with Gasteiger partial charge in [-0.15, -0.1) is 0 Å². The van der Waals surface area contributed by atoms with Gasteiger partial charge in [-0.1, -0.05) is 18.2 Å². The molecule has 0 radical (unpaired) electrons. The summed E-state index contributed by atoms with van der Waals surface area (Å²) >= 11 is 0. The van der Waals surface area contributed by atoms with Crippen molar-refractivity contribution in [3.05, 3.63) is 36.0 Å². The van der Waals surface area contributed by atoms with Gasteiger partial charge in [0.15, 0.2) is 0 Å². The number of aromatic nitrogens is 1. The van der Waals surface area contributed by atoms with E-state index in [1.807, 2.05) is 17.8 Å². The van der Waals surface area contributed by atoms with Crippen molar-refractivity contribution in [2.45, 2.75) is 32.0 Å². The highest BCUT2D eigenvalue weighted by molar-refractivity contribution is 5.85. The zero-order chi connectivity index (χ0) is 13.2. The number of fused-ring (bicyclic) bond motifs is 1. The maximum absolute atomic E-state index is 11.9. The number of carbonyl (C=O) groups excluding carboxylic acids is 1. The smallest absolute Gasteiger partial charge is 0.240 e. The van der Waals surface area contributed by atoms with Crippen LogP contribution >= 0.6 is 0 Å². The molecule has 0 atom stereocenters. The van der Waals surface area contributed by atoms with Crippen LogP contribution in [0.1, 0.15) is 18.4 Å². The summed E-state index contributed by atoms with van der Waals surface area (Å²) in [7, 11) is 1.94. The normalized spacial score (nSPS) is 14.8. The Morgan fingerprint density at radius 3 is 2.95 bits per heavy atom. The summed E-state index contributed by atoms with van der Waals surface area (Å²) in [6, 6.07) is 8.74. The van der Waals surface area contributed by atoms with Crippen LogP contribution in [-0.2, 0) is 17.9 Å². The topological polar surface area (TPSA) is 46.1 Å². The third-order valence-electron chi connectivity index (χ3n) is 3.50. The molecule has 3 rings (SSSR count). The lowest BCUT2D eigenvalue weighted by molar-refractivity contribution is -0.121. The third-order valence-corrected chi connectivity index (χ3v) is 3.50. The average molecular weight is 257 g/mol. The van der Waals surface area contributed by atoms with E-state index in [9.17, 15) is 4.79 Å². The summed E-state index contributed by atoms with van der Waals surface area (Å²) in [6.45, 7) is 1.21. The van der Waals surface area contributed by atoms with E-state index in [0.717, 1.165) is 24.9 Å². The highest BCUT2D eigenvalue weighted by Gasteiger charge is 2.23. The number of benzene rings is 1. The molecule has 1 amide bonds. The van der Waals surface area contributed by atoms with Gasteiger partial charge in [-0.05, 0) is 36.9 Å². The maximum atomic E-state index is 11.9. The number of nitrogens with one attached hydrogen (secondary N) is 2. The van der Waals surface area contributed by atoms with Crippen LogP contribution in [0, 0.1) is 0 Å². The van der Waals surface area contributed by atoms with Crippen molar-refractivity contribution in [2.75, 3.05) is 7.05 Å². The minimum absolute atomic E-state index is 0.110. The van der Waals surface area contributed by atoms with Crippen LogP contribution in [0.5, 0.6) is 0 Å². The van der Waals surface area contributed by atoms with Crippen LogP contribution in [0.25, 0.3) is 10.9 Å². The molecule has 0 aliphatic heterocycles. The van der Waals surface area contributed by atoms with Crippen molar-refractivity contribution in [3.63, 3.8) is 0 Å². The second kappa shape index (κ2) is 5.05. The fourth-order valence-corrected chi connectivity index (χ4v) is 2.46. The van der Waals surface area contributed by atoms with Gasteiger partial charge in [-0.25, -0.2) is 0 Å². The molecule has 100 valence electrons. The molecule has 1 aliphatic carbocycles. The van der Waals surface area contributed by atoms with E-state index in [1.54, 1.807) is 0 Å². The predicted octanol–water partition coefficient (Wildman–Crippen LogP) is 1.64. The number of hydrogen-bond acceptors (Lipinski definition) is 2. The number of rotatable bonds is 5. The molecule has 4 heteroatoms. The van der Waals surface area contributed by atoms with E-state index in [0.29, 0.717) is 12.6 Å². The molecule has 2 N–H and O–H groups in total. The summed E-state index contributed by atoms with van der Waals surface area (Å²) in [5.74, 6) is 0.110. The number of carbonyl (C=O) groups is 1. The number of nitrogens with zero attached hydrogens (tertiary/aromatic N) is 1. The van der Waals surface area contributed by atoms with Gasteiger partial charge in [0, 0.05) is 18.8 Å². The van der Waals surface area contributed by atoms with Crippen LogP contribution in [0.15, 0.2) is 30.5 Å². The summed E-state index contributed by atoms with van der Waals surface area (Å²) in [6.07, 6.45) is 4.25. The number of para-hydroxylation sites is 1. The van der Waals surface area contributed by atoms with E-state index >= 15 is 0 Å². The molecule has 1 saturated carbocycles. The van der Waals surface area contributed by atoms with Crippen LogP contribution < -0.4 is 10.6 Å². The highest BCUT2D eigenvalue weighted by Crippen LogP contribution is 2.21. The molecule has 4 nitrogen and oxygen atoms in total. The van der Waals surface area contributed by atoms with Crippen molar-refractivity contribution in [1.82, 2.24) is 15.2 Å². The second-order valence-electron chi connectivity index (χ2n) is 5.17. The quantitative estimate of drug-likeness (QED) is 0.855. The van der Waals surface area contributed by atoms with E-state index in [2.05, 4.69) is 34.9 Å². The molecular weight excluding hydrogens is 238 g/mol. The molecule has 0 unspecified atom stereocenters. The summed E-state index contributed by atoms with van der Waals surface area (Å²) in [5.41, 5.74) is 2.38. The zero-order valence-electron chi connectivity index (χ0n) is 11.1. The van der Waals surface area contributed by atoms with Gasteiger partial charge in [-0.2, -0.15) is 0 Å². The van der Waals surface area contributed by atoms with E-state index in [4.69, 9.17) is 0 Å². The first-order valence-electron chi connectivity index (χ1n) is 6.78. The molecule has 19 heavy (non-hydrogen) atoms. The first kappa shape index (κ1) is 12.2. The van der Waals surface area contributed by atoms with Crippen molar-refractivity contribution in [2.24, 2.45) is 0 Å². The number of amides is 1. The third kappa shape index (κ3) is 2.63. The Morgan fingerprint density at radius 2 is 2.21 bits per heavy atom. The Kier molecular flexibility index (Phi) is 3.25. The fourth-order valence-electron chi connectivity index (χ4n) is 2.46. The molecule has 0 spiro atoms. The van der Waals surface area contributed by atoms with Crippen molar-refractivity contribution in [3.8, 4) is 0 Å². The average Bonchev–Trinajstić information content (AvgIpc) is 3.10. The molecule has 1 heterocycles. The highest BCUT2D eigenvalue weighted by atomic mass is 16.2. The van der Waals surface area contributed by atoms with Gasteiger partial charge in [0.25, 0.3) is 0 Å². The summed E-state index contributed by atoms with van der Waals surface area (Å²) < 4.78 is 2.04. The van der Waals surface area contributed by atoms with Gasteiger partial charge >= 0.3 is 0 Å². The monoisotopic (exact) mass is 257 g/mol. The van der Waals surface area contributed by atoms with Gasteiger partial charge in [-0.3, -0.25) is 4.79 Å². The van der Waals surface area contributed by atoms with Gasteiger partial charge < -0.3 is 15.2 Å². The molecule has 1 aromatic carbocycles. The lowest BCUT2D eigenvalue weighted by Gasteiger charge is -2.10. The fraction of sp³-hybridized carbons (Fsp3) is 0.400. The van der Waals surface area contributed by atoms with Crippen molar-refractivity contribution >= 4 is 16.8 Å². The largest absolute Gasteiger partial charge is 0.352 e. The second-order valence-corrected chi connectivity index (χ2v) is 5.17. The Balaban J connectivity index is 1.87. The van der Waals surface area contributed by atoms with Crippen LogP contribution in [0.2, 0.25) is 0 Å². The predicted molar refractivity (Wildman–Crippen MR) is 75.9 cm³/mol. The first-order chi connectivity index (χ1) is 9.28. The minimum Gasteiger partial charge on any atom is -0.352 e. The molecule has 1 aliphatic rings. The number of hydrogen-bond donors (Lipinski definition) is 2. The molecule has 1 aromatic heterocycles. The van der Waals surface area contributed by atoms with Crippen molar-refractivity contribution < 1.29 is 4.79 Å². The molecule has 0 bridgehead atoms. The van der Waals surface area contributed by atoms with Gasteiger partial charge in [0.1, 0.15) is 6.54 Å². The lowest BCUT2D eigenvalue weighted by Crippen LogP contribution is -2.29. The maximum Gasteiger partial charge on any atom is 0.240 e. The Morgan fingerprint density at radius 1 is 1.37 bits per heavy atom. The molecule has 1 fully saturated rings. The van der Waals surface area contributed by atoms with Crippen molar-refractivity contribution in [1.29, 1.82) is 0 Å². The summed E-state index contributed by atoms with van der Waals surface area (Å²) in [5, 5.41) is 7.39. The minimum atomic E-state index is 0.110. The van der Waals surface area contributed by atoms with Crippen LogP contribution in [0.3, 0.4) is 0 Å². The zero-order valence-corrected chi connectivity index (χ0v) is 11.1. The SMILES string of the molecule is CNCc1cccc2ccn(CC(=O)NC3CC3)c12. The lowest BCUT2D eigenvalue weighted by atomic mass is 10.1. The van der Waals surface area contributed by atoms with E-state index in [1.165, 1.54) is 10.9 Å². The van der Waals surface area contributed by atoms with Crippen LogP contribution in [-0.4, -0.2) is 23.6 Å². The molecule has 0 saturated heterocycles. The van der Waals surface area contributed by atoms with E-state index in [-0.39, 0.29) is 5.91 Å². The Labute approximate surface area is 112 Å². The summed E-state index contributed by atoms with van der Waals surface area (Å²) in [4.78, 5) is 11.9. The van der Waals surface area contributed by atoms with E-state index < -0.39 is 0 Å². The molecule has 2 aromatic rings. The van der Waals surface area contributed by atoms with Crippen LogP contribution in [0.4, 0.5) is 0 Å². The van der Waals surface area contributed by atoms with Gasteiger partial charge in [0.05, 0.1) is 5.52 Å². The first-order valence-corrected chi connectivity index (χ1v) is 6.78. The Bertz CT molecular complexity index is 598. The Hall–Kier alpha value is -1.81. The molecular formula is C15H19N3O. The van der Waals surface area contributed by atoms with Gasteiger partial charge in [0.2, 0.25) is 5.91 Å². The standard InChI is InChI=1S/C15H19N3O/c1-16-9-12-4-2-3-11-7-8-18(15(11)12)10-14(19)17-13-5-6-13/h2-4,7-8,13,16H,5-6,9-10H2,1H3,(H,17,19).